The van der Waals surface area contributed by atoms with E-state index >= 15 is 0 Å². The molecule has 0 aliphatic carbocycles. The Morgan fingerprint density at radius 3 is 2.65 bits per heavy atom. The topological polar surface area (TPSA) is 113 Å². The highest BCUT2D eigenvalue weighted by atomic mass is 32.1. The Morgan fingerprint density at radius 1 is 1.23 bits per heavy atom. The molecule has 0 saturated heterocycles. The number of nitrogens with one attached hydrogen (secondary N) is 1. The van der Waals surface area contributed by atoms with E-state index in [0.717, 1.165) is 22.9 Å². The Kier molecular flexibility index (Phi) is 6.60. The number of thiazole rings is 1. The van der Waals surface area contributed by atoms with Crippen LogP contribution in [0, 0.1) is 10.1 Å². The molecule has 1 amide bonds. The van der Waals surface area contributed by atoms with Crippen LogP contribution in [0.2, 0.25) is 0 Å². The molecule has 1 aromatic heterocycles. The number of nitro benzene ring substituents is 1. The molecule has 3 rings (SSSR count). The Bertz CT molecular complexity index is 1160. The fourth-order valence-corrected chi connectivity index (χ4v) is 3.50. The molecule has 2 aromatic carbocycles. The standard InChI is InChI=1S/C19H15F2N3O6S/c1-28-11-4-5-12-16(8-11)31-19(22-12)23-17(25)6-3-10-7-14(29-2)15(30-18(20)21)9-13(10)24(26)27/h3-9,18H,1-2H3,(H,22,23,25)/b6-3+. The minimum Gasteiger partial charge on any atom is -0.497 e. The minimum atomic E-state index is -3.19. The molecule has 31 heavy (non-hydrogen) atoms. The summed E-state index contributed by atoms with van der Waals surface area (Å²) < 4.78 is 40.2. The lowest BCUT2D eigenvalue weighted by Gasteiger charge is -2.10. The molecular formula is C19H15F2N3O6S. The lowest BCUT2D eigenvalue weighted by molar-refractivity contribution is -0.385. The van der Waals surface area contributed by atoms with E-state index in [1.807, 2.05) is 0 Å². The van der Waals surface area contributed by atoms with Crippen molar-refractivity contribution in [2.75, 3.05) is 19.5 Å². The van der Waals surface area contributed by atoms with Gasteiger partial charge in [0.2, 0.25) is 5.91 Å². The van der Waals surface area contributed by atoms with Gasteiger partial charge in [-0.2, -0.15) is 8.78 Å². The molecule has 1 heterocycles. The van der Waals surface area contributed by atoms with Gasteiger partial charge in [-0.05, 0) is 30.3 Å². The van der Waals surface area contributed by atoms with Gasteiger partial charge >= 0.3 is 6.61 Å². The quantitative estimate of drug-likeness (QED) is 0.305. The van der Waals surface area contributed by atoms with Crippen molar-refractivity contribution in [1.82, 2.24) is 4.98 Å². The second-order valence-corrected chi connectivity index (χ2v) is 6.90. The predicted octanol–water partition coefficient (Wildman–Crippen LogP) is 4.48. The molecular weight excluding hydrogens is 436 g/mol. The number of fused-ring (bicyclic) bond motifs is 1. The maximum absolute atomic E-state index is 12.5. The molecule has 0 spiro atoms. The van der Waals surface area contributed by atoms with Crippen molar-refractivity contribution in [3.05, 3.63) is 52.1 Å². The molecule has 0 unspecified atom stereocenters. The van der Waals surface area contributed by atoms with Crippen LogP contribution < -0.4 is 19.5 Å². The molecule has 1 N–H and O–H groups in total. The Balaban J connectivity index is 1.83. The molecule has 0 aliphatic rings. The van der Waals surface area contributed by atoms with E-state index < -0.39 is 28.9 Å². The molecule has 9 nitrogen and oxygen atoms in total. The number of halogens is 2. The summed E-state index contributed by atoms with van der Waals surface area (Å²) in [5.74, 6) is -0.580. The van der Waals surface area contributed by atoms with E-state index in [9.17, 15) is 23.7 Å². The Morgan fingerprint density at radius 2 is 2.00 bits per heavy atom. The molecule has 12 heteroatoms. The molecule has 162 valence electrons. The first-order valence-electron chi connectivity index (χ1n) is 8.55. The zero-order valence-electron chi connectivity index (χ0n) is 16.1. The van der Waals surface area contributed by atoms with Crippen molar-refractivity contribution in [3.8, 4) is 17.2 Å². The third kappa shape index (κ3) is 5.22. The van der Waals surface area contributed by atoms with E-state index in [-0.39, 0.29) is 11.3 Å². The van der Waals surface area contributed by atoms with Crippen LogP contribution in [0.25, 0.3) is 16.3 Å². The zero-order chi connectivity index (χ0) is 22.5. The lowest BCUT2D eigenvalue weighted by atomic mass is 10.1. The number of nitro groups is 1. The number of anilines is 1. The van der Waals surface area contributed by atoms with E-state index in [1.165, 1.54) is 31.6 Å². The number of amides is 1. The van der Waals surface area contributed by atoms with Gasteiger partial charge in [-0.3, -0.25) is 20.2 Å². The molecule has 0 fully saturated rings. The van der Waals surface area contributed by atoms with Crippen LogP contribution in [0.15, 0.2) is 36.4 Å². The maximum atomic E-state index is 12.5. The van der Waals surface area contributed by atoms with Gasteiger partial charge in [0.05, 0.1) is 41.0 Å². The maximum Gasteiger partial charge on any atom is 0.387 e. The van der Waals surface area contributed by atoms with Gasteiger partial charge in [0, 0.05) is 6.08 Å². The van der Waals surface area contributed by atoms with Crippen LogP contribution in [0.5, 0.6) is 17.2 Å². The summed E-state index contributed by atoms with van der Waals surface area (Å²) in [6.07, 6.45) is 2.22. The Hall–Kier alpha value is -3.80. The number of rotatable bonds is 8. The average molecular weight is 451 g/mol. The van der Waals surface area contributed by atoms with E-state index in [0.29, 0.717) is 16.4 Å². The number of ether oxygens (including phenoxy) is 3. The number of alkyl halides is 2. The van der Waals surface area contributed by atoms with Gasteiger partial charge in [0.15, 0.2) is 16.6 Å². The molecule has 3 aromatic rings. The summed E-state index contributed by atoms with van der Waals surface area (Å²) in [7, 11) is 2.73. The highest BCUT2D eigenvalue weighted by Crippen LogP contribution is 2.36. The first-order valence-corrected chi connectivity index (χ1v) is 9.37. The number of hydrogen-bond acceptors (Lipinski definition) is 8. The summed E-state index contributed by atoms with van der Waals surface area (Å²) in [4.78, 5) is 27.1. The average Bonchev–Trinajstić information content (AvgIpc) is 3.12. The van der Waals surface area contributed by atoms with Crippen LogP contribution in [0.4, 0.5) is 19.6 Å². The first kappa shape index (κ1) is 21.9. The van der Waals surface area contributed by atoms with Crippen molar-refractivity contribution in [1.29, 1.82) is 0 Å². The number of hydrogen-bond donors (Lipinski definition) is 1. The SMILES string of the molecule is COc1ccc2nc(NC(=O)/C=C/c3cc(OC)c(OC(F)F)cc3[N+](=O)[O-])sc2c1. The number of benzene rings is 2. The molecule has 0 aliphatic heterocycles. The van der Waals surface area contributed by atoms with Crippen molar-refractivity contribution < 1.29 is 32.7 Å². The molecule has 0 radical (unpaired) electrons. The number of nitrogens with zero attached hydrogens (tertiary/aromatic N) is 2. The Labute approximate surface area is 178 Å². The van der Waals surface area contributed by atoms with Crippen molar-refractivity contribution in [3.63, 3.8) is 0 Å². The van der Waals surface area contributed by atoms with E-state index in [2.05, 4.69) is 15.0 Å². The monoisotopic (exact) mass is 451 g/mol. The highest BCUT2D eigenvalue weighted by molar-refractivity contribution is 7.22. The fourth-order valence-electron chi connectivity index (χ4n) is 2.60. The lowest BCUT2D eigenvalue weighted by Crippen LogP contribution is -2.07. The zero-order valence-corrected chi connectivity index (χ0v) is 16.9. The fraction of sp³-hybridized carbons (Fsp3) is 0.158. The van der Waals surface area contributed by atoms with Gasteiger partial charge in [0.25, 0.3) is 5.69 Å². The van der Waals surface area contributed by atoms with E-state index in [1.54, 1.807) is 18.2 Å². The van der Waals surface area contributed by atoms with Gasteiger partial charge < -0.3 is 14.2 Å². The van der Waals surface area contributed by atoms with Crippen LogP contribution in [-0.4, -0.2) is 36.6 Å². The smallest absolute Gasteiger partial charge is 0.387 e. The number of carbonyl (C=O) groups excluding carboxylic acids is 1. The number of aromatic nitrogens is 1. The van der Waals surface area contributed by atoms with Crippen LogP contribution in [0.1, 0.15) is 5.56 Å². The van der Waals surface area contributed by atoms with Crippen LogP contribution >= 0.6 is 11.3 Å². The predicted molar refractivity (Wildman–Crippen MR) is 110 cm³/mol. The third-order valence-corrected chi connectivity index (χ3v) is 4.90. The summed E-state index contributed by atoms with van der Waals surface area (Å²) in [6.45, 7) is -3.19. The molecule has 0 saturated carbocycles. The second kappa shape index (κ2) is 9.34. The number of carbonyl (C=O) groups is 1. The number of methoxy groups -OCH3 is 2. The van der Waals surface area contributed by atoms with Crippen LogP contribution in [-0.2, 0) is 4.79 Å². The summed E-state index contributed by atoms with van der Waals surface area (Å²) in [6, 6.07) is 7.20. The van der Waals surface area contributed by atoms with Crippen LogP contribution in [0.3, 0.4) is 0 Å². The summed E-state index contributed by atoms with van der Waals surface area (Å²) in [5, 5.41) is 14.2. The van der Waals surface area contributed by atoms with Gasteiger partial charge in [0.1, 0.15) is 5.75 Å². The minimum absolute atomic E-state index is 0.0346. The van der Waals surface area contributed by atoms with Crippen molar-refractivity contribution in [2.24, 2.45) is 0 Å². The highest BCUT2D eigenvalue weighted by Gasteiger charge is 2.20. The summed E-state index contributed by atoms with van der Waals surface area (Å²) in [5.41, 5.74) is 0.0975. The molecule has 0 atom stereocenters. The molecule has 0 bridgehead atoms. The van der Waals surface area contributed by atoms with Gasteiger partial charge in [-0.25, -0.2) is 4.98 Å². The largest absolute Gasteiger partial charge is 0.497 e. The van der Waals surface area contributed by atoms with Crippen molar-refractivity contribution >= 4 is 44.4 Å². The normalized spacial score (nSPS) is 11.1. The van der Waals surface area contributed by atoms with Gasteiger partial charge in [-0.1, -0.05) is 11.3 Å². The third-order valence-electron chi connectivity index (χ3n) is 3.97. The van der Waals surface area contributed by atoms with Gasteiger partial charge in [-0.15, -0.1) is 0 Å². The van der Waals surface area contributed by atoms with E-state index in [4.69, 9.17) is 9.47 Å². The first-order chi connectivity index (χ1) is 14.8. The van der Waals surface area contributed by atoms with Crippen molar-refractivity contribution in [2.45, 2.75) is 6.61 Å². The summed E-state index contributed by atoms with van der Waals surface area (Å²) >= 11 is 1.23. The second-order valence-electron chi connectivity index (χ2n) is 5.87.